The summed E-state index contributed by atoms with van der Waals surface area (Å²) in [6, 6.07) is 5.73. The maximum absolute atomic E-state index is 11.0. The zero-order valence-electron chi connectivity index (χ0n) is 10.2. The Labute approximate surface area is 90.7 Å². The van der Waals surface area contributed by atoms with Crippen LogP contribution < -0.4 is 5.32 Å². The molecule has 1 aromatic rings. The first kappa shape index (κ1) is 8.47. The second-order valence-electron chi connectivity index (χ2n) is 2.96. The van der Waals surface area contributed by atoms with Gasteiger partial charge in [-0.2, -0.15) is 0 Å². The molecule has 0 spiro atoms. The number of hydrogen-bond acceptors (Lipinski definition) is 2. The molecule has 0 aliphatic rings. The van der Waals surface area contributed by atoms with Gasteiger partial charge < -0.3 is 10.4 Å². The van der Waals surface area contributed by atoms with Gasteiger partial charge in [0.2, 0.25) is 5.91 Å². The van der Waals surface area contributed by atoms with Crippen molar-refractivity contribution in [1.82, 2.24) is 5.32 Å². The van der Waals surface area contributed by atoms with Crippen molar-refractivity contribution >= 4 is 11.9 Å². The molecule has 0 unspecified atom stereocenters. The lowest BCUT2D eigenvalue weighted by atomic mass is 10.1. The molecule has 2 N–H and O–H groups in total. The van der Waals surface area contributed by atoms with E-state index < -0.39 is 24.3 Å². The van der Waals surface area contributed by atoms with Gasteiger partial charge in [0.1, 0.15) is 6.02 Å². The van der Waals surface area contributed by atoms with Crippen molar-refractivity contribution in [2.45, 2.75) is 19.3 Å². The van der Waals surface area contributed by atoms with Crippen molar-refractivity contribution in [3.8, 4) is 0 Å². The predicted molar refractivity (Wildman–Crippen MR) is 55.4 cm³/mol. The Morgan fingerprint density at radius 2 is 2.13 bits per heavy atom. The third-order valence-corrected chi connectivity index (χ3v) is 1.65. The monoisotopic (exact) mass is 210 g/mol. The molecule has 0 bridgehead atoms. The van der Waals surface area contributed by atoms with E-state index in [0.717, 1.165) is 6.92 Å². The fraction of sp³-hybridized carbons (Fsp3) is 0.273. The van der Waals surface area contributed by atoms with Crippen LogP contribution in [0.25, 0.3) is 0 Å². The summed E-state index contributed by atoms with van der Waals surface area (Å²) in [5, 5.41) is 11.0. The minimum atomic E-state index is -2.38. The standard InChI is InChI=1S/C11H13NO3/c1-8(13)12-10(11(14)15)7-9-5-3-2-4-6-9/h2-6,10H,7H2,1H3,(H,12,13)(H,14,15)/t10-/m0/s1/i7D,10D,11+1/t7-,10+/m1. The first-order valence-electron chi connectivity index (χ1n) is 5.45. The summed E-state index contributed by atoms with van der Waals surface area (Å²) in [4.78, 5) is 22.0. The van der Waals surface area contributed by atoms with E-state index in [9.17, 15) is 9.59 Å². The fourth-order valence-electron chi connectivity index (χ4n) is 1.06. The van der Waals surface area contributed by atoms with Gasteiger partial charge in [0.25, 0.3) is 0 Å². The number of carbonyl (C=O) groups is 2. The van der Waals surface area contributed by atoms with Gasteiger partial charge in [-0.25, -0.2) is 4.79 Å². The maximum atomic E-state index is 11.0. The van der Waals surface area contributed by atoms with Gasteiger partial charge in [-0.05, 0) is 5.56 Å². The molecule has 0 aliphatic carbocycles. The molecule has 2 atom stereocenters. The molecule has 4 nitrogen and oxygen atoms in total. The van der Waals surface area contributed by atoms with Gasteiger partial charge in [-0.3, -0.25) is 4.79 Å². The van der Waals surface area contributed by atoms with Crippen molar-refractivity contribution in [3.05, 3.63) is 35.9 Å². The molecule has 0 saturated carbocycles. The van der Waals surface area contributed by atoms with E-state index in [1.54, 1.807) is 30.3 Å². The van der Waals surface area contributed by atoms with Crippen LogP contribution in [0.3, 0.4) is 0 Å². The molecule has 1 aromatic carbocycles. The van der Waals surface area contributed by atoms with Gasteiger partial charge in [-0.15, -0.1) is 0 Å². The highest BCUT2D eigenvalue weighted by atomic mass is 16.5. The lowest BCUT2D eigenvalue weighted by Crippen LogP contribution is -2.41. The minimum absolute atomic E-state index is 0.360. The molecule has 0 aromatic heterocycles. The van der Waals surface area contributed by atoms with E-state index >= 15 is 0 Å². The molecule has 0 fully saturated rings. The van der Waals surface area contributed by atoms with Crippen molar-refractivity contribution in [1.29, 1.82) is 0 Å². The second kappa shape index (κ2) is 5.14. The average Bonchev–Trinajstić information content (AvgIpc) is 2.28. The Balaban J connectivity index is 3.07. The number of carbonyl (C=O) groups excluding carboxylic acids is 1. The molecule has 0 saturated heterocycles. The SMILES string of the molecule is [2H][C@H](c1ccccc1)[C@]([2H])(NC(C)=O)[13C](=O)O. The number of carboxylic acid groups (broad SMARTS) is 1. The van der Waals surface area contributed by atoms with Crippen LogP contribution in [0.2, 0.25) is 0 Å². The fourth-order valence-corrected chi connectivity index (χ4v) is 1.06. The van der Waals surface area contributed by atoms with Gasteiger partial charge in [0.15, 0.2) is 0 Å². The summed E-state index contributed by atoms with van der Waals surface area (Å²) >= 11 is 0. The zero-order chi connectivity index (χ0) is 13.1. The van der Waals surface area contributed by atoms with Crippen LogP contribution in [0.5, 0.6) is 0 Å². The first-order valence-corrected chi connectivity index (χ1v) is 4.37. The van der Waals surface area contributed by atoms with E-state index in [1.165, 1.54) is 0 Å². The molecule has 1 rings (SSSR count). The number of amides is 1. The van der Waals surface area contributed by atoms with Gasteiger partial charge in [0, 0.05) is 14.7 Å². The van der Waals surface area contributed by atoms with Crippen molar-refractivity contribution in [2.24, 2.45) is 0 Å². The Morgan fingerprint density at radius 3 is 2.60 bits per heavy atom. The number of rotatable bonds is 4. The summed E-state index contributed by atoms with van der Waals surface area (Å²) in [7, 11) is 0. The van der Waals surface area contributed by atoms with E-state index in [2.05, 4.69) is 0 Å². The number of benzene rings is 1. The lowest BCUT2D eigenvalue weighted by molar-refractivity contribution is -0.141. The number of hydrogen-bond donors (Lipinski definition) is 2. The van der Waals surface area contributed by atoms with Crippen LogP contribution in [0, 0.1) is 0 Å². The molecule has 1 amide bonds. The van der Waals surface area contributed by atoms with Gasteiger partial charge >= 0.3 is 5.97 Å². The molecule has 15 heavy (non-hydrogen) atoms. The normalized spacial score (nSPS) is 17.9. The quantitative estimate of drug-likeness (QED) is 0.723. The Morgan fingerprint density at radius 1 is 1.53 bits per heavy atom. The molecule has 80 valence electrons. The second-order valence-corrected chi connectivity index (χ2v) is 2.96. The summed E-state index contributed by atoms with van der Waals surface area (Å²) in [6.45, 7) is 1.12. The maximum Gasteiger partial charge on any atom is 0.326 e. The third kappa shape index (κ3) is 3.81. The van der Waals surface area contributed by atoms with E-state index in [0.29, 0.717) is 5.56 Å². The smallest absolute Gasteiger partial charge is 0.326 e. The molecule has 0 radical (unpaired) electrons. The van der Waals surface area contributed by atoms with E-state index in [-0.39, 0.29) is 0 Å². The Bertz CT molecular complexity index is 424. The average molecular weight is 210 g/mol. The predicted octanol–water partition coefficient (Wildman–Crippen LogP) is 0.818. The van der Waals surface area contributed by atoms with E-state index in [1.807, 2.05) is 5.32 Å². The molecule has 0 heterocycles. The van der Waals surface area contributed by atoms with Crippen LogP contribution in [-0.4, -0.2) is 23.0 Å². The van der Waals surface area contributed by atoms with Gasteiger partial charge in [0.05, 0.1) is 1.37 Å². The summed E-state index contributed by atoms with van der Waals surface area (Å²) in [6.07, 6.45) is -1.40. The Hall–Kier alpha value is -1.84. The van der Waals surface area contributed by atoms with Crippen LogP contribution in [-0.2, 0) is 16.0 Å². The van der Waals surface area contributed by atoms with Crippen LogP contribution in [0.1, 0.15) is 15.2 Å². The van der Waals surface area contributed by atoms with Crippen molar-refractivity contribution in [2.75, 3.05) is 0 Å². The lowest BCUT2D eigenvalue weighted by Gasteiger charge is -2.12. The number of carboxylic acids is 1. The summed E-state index contributed by atoms with van der Waals surface area (Å²) in [5.74, 6) is -2.22. The zero-order valence-corrected chi connectivity index (χ0v) is 8.23. The van der Waals surface area contributed by atoms with E-state index in [4.69, 9.17) is 7.85 Å². The van der Waals surface area contributed by atoms with Crippen LogP contribution in [0.4, 0.5) is 0 Å². The number of aliphatic carboxylic acids is 1. The molecule has 0 aliphatic heterocycles. The number of nitrogens with one attached hydrogen (secondary N) is 1. The summed E-state index contributed by atoms with van der Waals surface area (Å²) in [5.41, 5.74) is 0.360. The highest BCUT2D eigenvalue weighted by Crippen LogP contribution is 2.03. The molecular weight excluding hydrogens is 195 g/mol. The largest absolute Gasteiger partial charge is 0.480 e. The van der Waals surface area contributed by atoms with Crippen LogP contribution >= 0.6 is 0 Å². The highest BCUT2D eigenvalue weighted by molar-refractivity contribution is 5.82. The Kier molecular flexibility index (Phi) is 2.90. The molecular formula is C11H13NO3. The first-order chi connectivity index (χ1) is 7.88. The van der Waals surface area contributed by atoms with Gasteiger partial charge in [-0.1, -0.05) is 30.3 Å². The minimum Gasteiger partial charge on any atom is -0.480 e. The summed E-state index contributed by atoms with van der Waals surface area (Å²) < 4.78 is 15.5. The molecule has 4 heteroatoms. The topological polar surface area (TPSA) is 66.4 Å². The third-order valence-electron chi connectivity index (χ3n) is 1.65. The van der Waals surface area contributed by atoms with Crippen molar-refractivity contribution in [3.63, 3.8) is 0 Å². The van der Waals surface area contributed by atoms with Crippen molar-refractivity contribution < 1.29 is 17.4 Å². The highest BCUT2D eigenvalue weighted by Gasteiger charge is 2.18. The van der Waals surface area contributed by atoms with Crippen LogP contribution in [0.15, 0.2) is 30.3 Å².